The van der Waals surface area contributed by atoms with Crippen LogP contribution in [0.15, 0.2) is 36.4 Å². The Hall–Kier alpha value is -3.22. The molecule has 0 spiro atoms. The van der Waals surface area contributed by atoms with Crippen LogP contribution in [-0.2, 0) is 4.79 Å². The van der Waals surface area contributed by atoms with E-state index in [1.54, 1.807) is 36.4 Å². The summed E-state index contributed by atoms with van der Waals surface area (Å²) in [5, 5.41) is 5.48. The second-order valence-corrected chi connectivity index (χ2v) is 5.76. The monoisotopic (exact) mass is 356 g/mol. The molecule has 136 valence electrons. The van der Waals surface area contributed by atoms with E-state index >= 15 is 0 Å². The average Bonchev–Trinajstić information content (AvgIpc) is 2.86. The highest BCUT2D eigenvalue weighted by Crippen LogP contribution is 2.36. The number of ether oxygens (including phenoxy) is 3. The number of benzene rings is 2. The average molecular weight is 356 g/mol. The summed E-state index contributed by atoms with van der Waals surface area (Å²) in [4.78, 5) is 23.7. The molecule has 0 fully saturated rings. The summed E-state index contributed by atoms with van der Waals surface area (Å²) < 4.78 is 16.6. The lowest BCUT2D eigenvalue weighted by molar-refractivity contribution is -0.114. The molecule has 1 aliphatic rings. The number of amides is 2. The van der Waals surface area contributed by atoms with Gasteiger partial charge in [-0.15, -0.1) is 0 Å². The number of methoxy groups -OCH3 is 1. The molecule has 2 aromatic carbocycles. The number of hydrogen-bond acceptors (Lipinski definition) is 5. The first-order valence-electron chi connectivity index (χ1n) is 8.23. The first kappa shape index (κ1) is 17.6. The first-order valence-corrected chi connectivity index (χ1v) is 8.23. The maximum Gasteiger partial charge on any atom is 0.259 e. The third kappa shape index (κ3) is 4.05. The zero-order chi connectivity index (χ0) is 18.5. The van der Waals surface area contributed by atoms with Crippen LogP contribution in [0.3, 0.4) is 0 Å². The van der Waals surface area contributed by atoms with E-state index in [4.69, 9.17) is 14.2 Å². The van der Waals surface area contributed by atoms with E-state index in [1.807, 2.05) is 0 Å². The van der Waals surface area contributed by atoms with Gasteiger partial charge in [-0.25, -0.2) is 0 Å². The molecule has 2 aromatic rings. The van der Waals surface area contributed by atoms with Crippen molar-refractivity contribution >= 4 is 23.2 Å². The number of anilines is 2. The van der Waals surface area contributed by atoms with Crippen LogP contribution in [0.4, 0.5) is 11.4 Å². The molecule has 7 heteroatoms. The lowest BCUT2D eigenvalue weighted by Gasteiger charge is -2.14. The maximum atomic E-state index is 12.7. The number of hydrogen-bond donors (Lipinski definition) is 2. The summed E-state index contributed by atoms with van der Waals surface area (Å²) >= 11 is 0. The molecule has 26 heavy (non-hydrogen) atoms. The molecule has 0 atom stereocenters. The van der Waals surface area contributed by atoms with E-state index < -0.39 is 0 Å². The van der Waals surface area contributed by atoms with Crippen LogP contribution in [0.25, 0.3) is 0 Å². The molecular formula is C19H20N2O5. The molecule has 0 aromatic heterocycles. The molecule has 2 amide bonds. The topological polar surface area (TPSA) is 85.9 Å². The number of rotatable bonds is 4. The minimum absolute atomic E-state index is 0.154. The van der Waals surface area contributed by atoms with Crippen molar-refractivity contribution in [1.29, 1.82) is 0 Å². The van der Waals surface area contributed by atoms with Crippen LogP contribution >= 0.6 is 0 Å². The molecule has 0 unspecified atom stereocenters. The molecular weight excluding hydrogens is 336 g/mol. The highest BCUT2D eigenvalue weighted by molar-refractivity contribution is 6.06. The largest absolute Gasteiger partial charge is 0.496 e. The third-order valence-electron chi connectivity index (χ3n) is 3.78. The van der Waals surface area contributed by atoms with E-state index in [2.05, 4.69) is 10.6 Å². The normalized spacial score (nSPS) is 12.7. The summed E-state index contributed by atoms with van der Waals surface area (Å²) in [7, 11) is 1.50. The molecule has 0 bridgehead atoms. The van der Waals surface area contributed by atoms with Crippen molar-refractivity contribution in [3.8, 4) is 17.2 Å². The molecule has 0 radical (unpaired) electrons. The molecule has 0 saturated carbocycles. The van der Waals surface area contributed by atoms with Crippen molar-refractivity contribution < 1.29 is 23.8 Å². The van der Waals surface area contributed by atoms with E-state index in [0.717, 1.165) is 6.42 Å². The Bertz CT molecular complexity index is 817. The fourth-order valence-corrected chi connectivity index (χ4v) is 2.57. The highest BCUT2D eigenvalue weighted by atomic mass is 16.5. The molecule has 0 aliphatic carbocycles. The Morgan fingerprint density at radius 3 is 2.12 bits per heavy atom. The molecule has 0 saturated heterocycles. The molecule has 2 N–H and O–H groups in total. The van der Waals surface area contributed by atoms with Gasteiger partial charge in [0.05, 0.1) is 25.9 Å². The standard InChI is InChI=1S/C19H20N2O5/c1-12(22)20-13-4-6-14(7-5-13)21-19(23)15-10-17-18(11-16(15)24-2)26-9-3-8-25-17/h4-7,10-11H,3,8-9H2,1-2H3,(H,20,22)(H,21,23). The Balaban J connectivity index is 1.80. The van der Waals surface area contributed by atoms with Crippen molar-refractivity contribution in [1.82, 2.24) is 0 Å². The van der Waals surface area contributed by atoms with E-state index in [1.165, 1.54) is 14.0 Å². The first-order chi connectivity index (χ1) is 12.6. The van der Waals surface area contributed by atoms with Crippen molar-refractivity contribution in [3.63, 3.8) is 0 Å². The van der Waals surface area contributed by atoms with Gasteiger partial charge in [-0.1, -0.05) is 0 Å². The second kappa shape index (κ2) is 7.77. The predicted molar refractivity (Wildman–Crippen MR) is 97.3 cm³/mol. The van der Waals surface area contributed by atoms with Crippen molar-refractivity contribution in [3.05, 3.63) is 42.0 Å². The fourth-order valence-electron chi connectivity index (χ4n) is 2.57. The maximum absolute atomic E-state index is 12.7. The summed E-state index contributed by atoms with van der Waals surface area (Å²) in [6.45, 7) is 2.53. The van der Waals surface area contributed by atoms with Crippen LogP contribution in [-0.4, -0.2) is 32.1 Å². The number of nitrogens with one attached hydrogen (secondary N) is 2. The number of carbonyl (C=O) groups excluding carboxylic acids is 2. The molecule has 7 nitrogen and oxygen atoms in total. The minimum atomic E-state index is -0.329. The Morgan fingerprint density at radius 2 is 1.54 bits per heavy atom. The summed E-state index contributed by atoms with van der Waals surface area (Å²) in [6, 6.07) is 10.1. The quantitative estimate of drug-likeness (QED) is 0.879. The highest BCUT2D eigenvalue weighted by Gasteiger charge is 2.20. The summed E-state index contributed by atoms with van der Waals surface area (Å²) in [5.41, 5.74) is 1.60. The van der Waals surface area contributed by atoms with Gasteiger partial charge >= 0.3 is 0 Å². The van der Waals surface area contributed by atoms with Gasteiger partial charge < -0.3 is 24.8 Å². The minimum Gasteiger partial charge on any atom is -0.496 e. The van der Waals surface area contributed by atoms with Gasteiger partial charge in [0.15, 0.2) is 11.5 Å². The van der Waals surface area contributed by atoms with Crippen LogP contribution in [0, 0.1) is 0 Å². The van der Waals surface area contributed by atoms with E-state index in [9.17, 15) is 9.59 Å². The smallest absolute Gasteiger partial charge is 0.259 e. The molecule has 3 rings (SSSR count). The molecule has 1 aliphatic heterocycles. The van der Waals surface area contributed by atoms with Gasteiger partial charge in [0.25, 0.3) is 5.91 Å². The third-order valence-corrected chi connectivity index (χ3v) is 3.78. The Kier molecular flexibility index (Phi) is 5.26. The zero-order valence-corrected chi connectivity index (χ0v) is 14.6. The van der Waals surface area contributed by atoms with Crippen LogP contribution in [0.1, 0.15) is 23.7 Å². The number of fused-ring (bicyclic) bond motifs is 1. The Labute approximate surface area is 151 Å². The van der Waals surface area contributed by atoms with Crippen LogP contribution in [0.2, 0.25) is 0 Å². The van der Waals surface area contributed by atoms with Gasteiger partial charge in [0, 0.05) is 36.9 Å². The second-order valence-electron chi connectivity index (χ2n) is 5.76. The van der Waals surface area contributed by atoms with Gasteiger partial charge in [0.1, 0.15) is 5.75 Å². The SMILES string of the molecule is COc1cc2c(cc1C(=O)Nc1ccc(NC(C)=O)cc1)OCCCO2. The van der Waals surface area contributed by atoms with Gasteiger partial charge in [-0.2, -0.15) is 0 Å². The van der Waals surface area contributed by atoms with Gasteiger partial charge in [0.2, 0.25) is 5.91 Å². The van der Waals surface area contributed by atoms with E-state index in [0.29, 0.717) is 47.4 Å². The zero-order valence-electron chi connectivity index (χ0n) is 14.6. The molecule has 1 heterocycles. The summed E-state index contributed by atoms with van der Waals surface area (Å²) in [5.74, 6) is 1.01. The number of carbonyl (C=O) groups is 2. The predicted octanol–water partition coefficient (Wildman–Crippen LogP) is 3.07. The summed E-state index contributed by atoms with van der Waals surface area (Å²) in [6.07, 6.45) is 0.777. The fraction of sp³-hybridized carbons (Fsp3) is 0.263. The Morgan fingerprint density at radius 1 is 0.962 bits per heavy atom. The van der Waals surface area contributed by atoms with Gasteiger partial charge in [-0.05, 0) is 24.3 Å². The van der Waals surface area contributed by atoms with Crippen LogP contribution in [0.5, 0.6) is 17.2 Å². The van der Waals surface area contributed by atoms with Crippen molar-refractivity contribution in [2.45, 2.75) is 13.3 Å². The lowest BCUT2D eigenvalue weighted by Crippen LogP contribution is -2.14. The van der Waals surface area contributed by atoms with E-state index in [-0.39, 0.29) is 11.8 Å². The lowest BCUT2D eigenvalue weighted by atomic mass is 10.1. The van der Waals surface area contributed by atoms with Crippen molar-refractivity contribution in [2.75, 3.05) is 31.0 Å². The van der Waals surface area contributed by atoms with Gasteiger partial charge in [-0.3, -0.25) is 9.59 Å². The van der Waals surface area contributed by atoms with Crippen molar-refractivity contribution in [2.24, 2.45) is 0 Å². The van der Waals surface area contributed by atoms with Crippen LogP contribution < -0.4 is 24.8 Å².